The fourth-order valence-electron chi connectivity index (χ4n) is 2.81. The van der Waals surface area contributed by atoms with Crippen LogP contribution in [0.25, 0.3) is 10.9 Å². The van der Waals surface area contributed by atoms with E-state index in [1.807, 2.05) is 0 Å². The number of nitrogens with zero attached hydrogens (tertiary/aromatic N) is 1. The van der Waals surface area contributed by atoms with Crippen LogP contribution in [-0.2, 0) is 0 Å². The molecule has 0 fully saturated rings. The number of pyridine rings is 1. The van der Waals surface area contributed by atoms with Gasteiger partial charge in [-0.3, -0.25) is 9.78 Å². The molecule has 2 rings (SSSR count). The molecule has 0 aliphatic rings. The highest BCUT2D eigenvalue weighted by atomic mass is 16.3. The maximum Gasteiger partial charge on any atom is 0.166 e. The maximum absolute atomic E-state index is 12.3. The summed E-state index contributed by atoms with van der Waals surface area (Å²) in [6.07, 6.45) is 9.91. The minimum atomic E-state index is -0.128. The van der Waals surface area contributed by atoms with Gasteiger partial charge in [-0.2, -0.15) is 0 Å². The van der Waals surface area contributed by atoms with Gasteiger partial charge in [-0.15, -0.1) is 0 Å². The number of carbonyl (C=O) groups excluding carboxylic acids is 1. The molecule has 0 saturated carbocycles. The van der Waals surface area contributed by atoms with E-state index in [0.29, 0.717) is 17.3 Å². The van der Waals surface area contributed by atoms with Crippen LogP contribution in [0.2, 0.25) is 0 Å². The number of rotatable bonds is 9. The second-order valence-electron chi connectivity index (χ2n) is 5.99. The number of fused-ring (bicyclic) bond motifs is 1. The molecule has 0 unspecified atom stereocenters. The minimum Gasteiger partial charge on any atom is -0.506 e. The molecule has 0 radical (unpaired) electrons. The van der Waals surface area contributed by atoms with Crippen molar-refractivity contribution in [1.82, 2.24) is 4.98 Å². The molecule has 0 bridgehead atoms. The first-order valence-electron chi connectivity index (χ1n) is 8.48. The lowest BCUT2D eigenvalue weighted by Crippen LogP contribution is -2.00. The topological polar surface area (TPSA) is 70.4 Å². The van der Waals surface area contributed by atoms with Crippen molar-refractivity contribution in [2.75, 3.05) is 0 Å². The Balaban J connectivity index is 1.95. The smallest absolute Gasteiger partial charge is 0.166 e. The van der Waals surface area contributed by atoms with Crippen molar-refractivity contribution >= 4 is 16.7 Å². The maximum atomic E-state index is 12.3. The van der Waals surface area contributed by atoms with Crippen LogP contribution in [0.4, 0.5) is 0 Å². The molecule has 1 aromatic carbocycles. The molecule has 0 saturated heterocycles. The number of benzene rings is 1. The normalized spacial score (nSPS) is 11.0. The zero-order chi connectivity index (χ0) is 16.7. The lowest BCUT2D eigenvalue weighted by Gasteiger charge is -2.08. The Bertz CT molecular complexity index is 667. The summed E-state index contributed by atoms with van der Waals surface area (Å²) in [4.78, 5) is 16.3. The van der Waals surface area contributed by atoms with E-state index in [1.165, 1.54) is 31.7 Å². The predicted molar refractivity (Wildman–Crippen MR) is 92.0 cm³/mol. The third-order valence-corrected chi connectivity index (χ3v) is 4.15. The molecule has 0 aliphatic heterocycles. The summed E-state index contributed by atoms with van der Waals surface area (Å²) in [5, 5.41) is 20.7. The van der Waals surface area contributed by atoms with Crippen molar-refractivity contribution in [2.24, 2.45) is 0 Å². The zero-order valence-electron chi connectivity index (χ0n) is 13.7. The van der Waals surface area contributed by atoms with Crippen LogP contribution < -0.4 is 0 Å². The van der Waals surface area contributed by atoms with Gasteiger partial charge in [0.05, 0.1) is 5.56 Å². The number of phenolic OH excluding ortho intramolecular Hbond substituents is 2. The van der Waals surface area contributed by atoms with Crippen molar-refractivity contribution in [3.63, 3.8) is 0 Å². The monoisotopic (exact) mass is 315 g/mol. The molecule has 2 N–H and O–H groups in total. The first-order valence-corrected chi connectivity index (χ1v) is 8.48. The third-order valence-electron chi connectivity index (χ3n) is 4.15. The molecule has 1 heterocycles. The molecule has 23 heavy (non-hydrogen) atoms. The van der Waals surface area contributed by atoms with Gasteiger partial charge < -0.3 is 10.2 Å². The van der Waals surface area contributed by atoms with Gasteiger partial charge in [-0.25, -0.2) is 0 Å². The Morgan fingerprint density at radius 2 is 1.78 bits per heavy atom. The van der Waals surface area contributed by atoms with E-state index in [-0.39, 0.29) is 22.8 Å². The highest BCUT2D eigenvalue weighted by Gasteiger charge is 2.17. The van der Waals surface area contributed by atoms with E-state index in [2.05, 4.69) is 11.9 Å². The number of phenols is 2. The van der Waals surface area contributed by atoms with E-state index >= 15 is 0 Å². The summed E-state index contributed by atoms with van der Waals surface area (Å²) in [6.45, 7) is 2.19. The van der Waals surface area contributed by atoms with Gasteiger partial charge in [0, 0.05) is 18.0 Å². The summed E-state index contributed by atoms with van der Waals surface area (Å²) >= 11 is 0. The van der Waals surface area contributed by atoms with Gasteiger partial charge >= 0.3 is 0 Å². The van der Waals surface area contributed by atoms with E-state index in [1.54, 1.807) is 18.3 Å². The summed E-state index contributed by atoms with van der Waals surface area (Å²) in [5.74, 6) is -0.280. The molecule has 0 spiro atoms. The lowest BCUT2D eigenvalue weighted by atomic mass is 10.00. The number of aromatic nitrogens is 1. The standard InChI is InChI=1S/C19H25NO3/c1-2-3-4-5-6-7-8-11-16(21)15-13-17(22)18-14(19(15)23)10-9-12-20-18/h9-10,12-13,22-23H,2-8,11H2,1H3. The predicted octanol–water partition coefficient (Wildman–Crippen LogP) is 4.97. The van der Waals surface area contributed by atoms with Crippen LogP contribution in [0.1, 0.15) is 68.6 Å². The average molecular weight is 315 g/mol. The Morgan fingerprint density at radius 3 is 2.52 bits per heavy atom. The molecular formula is C19H25NO3. The second-order valence-corrected chi connectivity index (χ2v) is 5.99. The zero-order valence-corrected chi connectivity index (χ0v) is 13.7. The fraction of sp³-hybridized carbons (Fsp3) is 0.474. The summed E-state index contributed by atoms with van der Waals surface area (Å²) in [5.41, 5.74) is 0.506. The van der Waals surface area contributed by atoms with Crippen LogP contribution in [0.3, 0.4) is 0 Å². The summed E-state index contributed by atoms with van der Waals surface area (Å²) in [7, 11) is 0. The molecule has 0 atom stereocenters. The molecule has 4 nitrogen and oxygen atoms in total. The van der Waals surface area contributed by atoms with Crippen molar-refractivity contribution < 1.29 is 15.0 Å². The Morgan fingerprint density at radius 1 is 1.09 bits per heavy atom. The van der Waals surface area contributed by atoms with Crippen molar-refractivity contribution in [1.29, 1.82) is 0 Å². The molecule has 0 aliphatic carbocycles. The molecule has 0 amide bonds. The first kappa shape index (κ1) is 17.3. The summed E-state index contributed by atoms with van der Waals surface area (Å²) < 4.78 is 0. The first-order chi connectivity index (χ1) is 11.1. The van der Waals surface area contributed by atoms with Crippen LogP contribution in [-0.4, -0.2) is 21.0 Å². The van der Waals surface area contributed by atoms with Crippen LogP contribution in [0.15, 0.2) is 24.4 Å². The van der Waals surface area contributed by atoms with Crippen molar-refractivity contribution in [2.45, 2.75) is 58.3 Å². The highest BCUT2D eigenvalue weighted by molar-refractivity contribution is 6.05. The molecule has 4 heteroatoms. The molecule has 2 aromatic rings. The minimum absolute atomic E-state index is 0.0682. The van der Waals surface area contributed by atoms with Gasteiger partial charge in [0.15, 0.2) is 5.78 Å². The van der Waals surface area contributed by atoms with Crippen LogP contribution in [0, 0.1) is 0 Å². The van der Waals surface area contributed by atoms with E-state index in [4.69, 9.17) is 0 Å². The van der Waals surface area contributed by atoms with Crippen LogP contribution in [0.5, 0.6) is 11.5 Å². The van der Waals surface area contributed by atoms with Gasteiger partial charge in [-0.1, -0.05) is 45.4 Å². The highest BCUT2D eigenvalue weighted by Crippen LogP contribution is 2.34. The molecule has 1 aromatic heterocycles. The van der Waals surface area contributed by atoms with Crippen LogP contribution >= 0.6 is 0 Å². The van der Waals surface area contributed by atoms with E-state index < -0.39 is 0 Å². The lowest BCUT2D eigenvalue weighted by molar-refractivity contribution is 0.0976. The number of ketones is 1. The third kappa shape index (κ3) is 4.44. The summed E-state index contributed by atoms with van der Waals surface area (Å²) in [6, 6.07) is 4.65. The van der Waals surface area contributed by atoms with E-state index in [9.17, 15) is 15.0 Å². The van der Waals surface area contributed by atoms with Gasteiger partial charge in [0.2, 0.25) is 0 Å². The number of aromatic hydroxyl groups is 2. The largest absolute Gasteiger partial charge is 0.506 e. The number of carbonyl (C=O) groups is 1. The number of hydrogen-bond donors (Lipinski definition) is 2. The Kier molecular flexibility index (Phi) is 6.39. The Labute approximate surface area is 137 Å². The van der Waals surface area contributed by atoms with Gasteiger partial charge in [0.1, 0.15) is 17.0 Å². The second kappa shape index (κ2) is 8.51. The SMILES string of the molecule is CCCCCCCCCC(=O)c1cc(O)c2ncccc2c1O. The van der Waals surface area contributed by atoms with E-state index in [0.717, 1.165) is 19.3 Å². The number of unbranched alkanes of at least 4 members (excludes halogenated alkanes) is 6. The average Bonchev–Trinajstić information content (AvgIpc) is 2.57. The molecule has 124 valence electrons. The van der Waals surface area contributed by atoms with Gasteiger partial charge in [0.25, 0.3) is 0 Å². The van der Waals surface area contributed by atoms with Gasteiger partial charge in [-0.05, 0) is 24.6 Å². The number of hydrogen-bond acceptors (Lipinski definition) is 4. The quantitative estimate of drug-likeness (QED) is 0.389. The van der Waals surface area contributed by atoms with Crippen molar-refractivity contribution in [3.8, 4) is 11.5 Å². The fourth-order valence-corrected chi connectivity index (χ4v) is 2.81. The molecular weight excluding hydrogens is 290 g/mol. The Hall–Kier alpha value is -2.10. The number of Topliss-reactive ketones (excluding diaryl/α,β-unsaturated/α-hetero) is 1. The van der Waals surface area contributed by atoms with Crippen molar-refractivity contribution in [3.05, 3.63) is 30.0 Å².